The van der Waals surface area contributed by atoms with Crippen LogP contribution in [0.25, 0.3) is 0 Å². The number of carboxylic acid groups (broad SMARTS) is 1. The van der Waals surface area contributed by atoms with E-state index in [1.54, 1.807) is 32.1 Å². The summed E-state index contributed by atoms with van der Waals surface area (Å²) in [6.45, 7) is -0.250. The lowest BCUT2D eigenvalue weighted by Gasteiger charge is -2.05. The second-order valence-electron chi connectivity index (χ2n) is 3.23. The van der Waals surface area contributed by atoms with E-state index in [4.69, 9.17) is 9.90 Å². The van der Waals surface area contributed by atoms with Crippen LogP contribution in [0.2, 0.25) is 0 Å². The van der Waals surface area contributed by atoms with E-state index in [9.17, 15) is 0 Å². The molecule has 10 heavy (non-hydrogen) atoms. The van der Waals surface area contributed by atoms with Crippen molar-refractivity contribution in [1.82, 2.24) is 0 Å². The van der Waals surface area contributed by atoms with Crippen LogP contribution in [-0.4, -0.2) is 11.6 Å². The fourth-order valence-electron chi connectivity index (χ4n) is 2.17. The highest BCUT2D eigenvalue weighted by atomic mass is 16.3. The van der Waals surface area contributed by atoms with Crippen molar-refractivity contribution >= 4 is 6.47 Å². The van der Waals surface area contributed by atoms with Gasteiger partial charge in [-0.3, -0.25) is 4.79 Å². The molecule has 0 aromatic heterocycles. The maximum atomic E-state index is 8.36. The molecule has 0 spiro atoms. The van der Waals surface area contributed by atoms with E-state index in [-0.39, 0.29) is 6.47 Å². The van der Waals surface area contributed by atoms with E-state index in [2.05, 4.69) is 0 Å². The highest BCUT2D eigenvalue weighted by Gasteiger charge is 2.30. The fourth-order valence-corrected chi connectivity index (χ4v) is 2.17. The molecule has 2 fully saturated rings. The van der Waals surface area contributed by atoms with Gasteiger partial charge in [-0.15, -0.1) is 0 Å². The molecule has 0 atom stereocenters. The number of carbonyl (C=O) groups is 1. The van der Waals surface area contributed by atoms with Crippen LogP contribution in [0.1, 0.15) is 32.1 Å². The average Bonchev–Trinajstić information content (AvgIpc) is 2.49. The lowest BCUT2D eigenvalue weighted by molar-refractivity contribution is -0.122. The van der Waals surface area contributed by atoms with E-state index in [0.717, 1.165) is 0 Å². The van der Waals surface area contributed by atoms with Crippen LogP contribution in [0.4, 0.5) is 0 Å². The Kier molecular flexibility index (Phi) is 2.72. The Hall–Kier alpha value is -0.530. The molecule has 2 nitrogen and oxygen atoms in total. The highest BCUT2D eigenvalue weighted by molar-refractivity contribution is 5.32. The van der Waals surface area contributed by atoms with Crippen molar-refractivity contribution in [3.8, 4) is 0 Å². The zero-order chi connectivity index (χ0) is 7.40. The molecule has 2 aliphatic rings. The third-order valence-corrected chi connectivity index (χ3v) is 2.63. The van der Waals surface area contributed by atoms with E-state index >= 15 is 0 Å². The molecule has 2 aliphatic carbocycles. The first-order valence-corrected chi connectivity index (χ1v) is 3.94. The summed E-state index contributed by atoms with van der Waals surface area (Å²) in [5.41, 5.74) is 0. The number of fused-ring (bicyclic) bond motifs is 2. The Labute approximate surface area is 61.2 Å². The van der Waals surface area contributed by atoms with Crippen molar-refractivity contribution in [1.29, 1.82) is 0 Å². The molecule has 0 unspecified atom stereocenters. The molecule has 0 radical (unpaired) electrons. The average molecular weight is 142 g/mol. The molecule has 0 aliphatic heterocycles. The van der Waals surface area contributed by atoms with Gasteiger partial charge in [0.2, 0.25) is 0 Å². The topological polar surface area (TPSA) is 37.3 Å². The van der Waals surface area contributed by atoms with Gasteiger partial charge >= 0.3 is 0 Å². The Morgan fingerprint density at radius 3 is 1.50 bits per heavy atom. The lowest BCUT2D eigenvalue weighted by Crippen LogP contribution is -1.90. The van der Waals surface area contributed by atoms with Gasteiger partial charge in [0.05, 0.1) is 0 Å². The molecule has 2 bridgehead atoms. The Balaban J connectivity index is 0.000000148. The summed E-state index contributed by atoms with van der Waals surface area (Å²) in [5.74, 6) is 2.34. The summed E-state index contributed by atoms with van der Waals surface area (Å²) in [7, 11) is 0. The molecular weight excluding hydrogens is 128 g/mol. The molecule has 0 heterocycles. The predicted octanol–water partition coefficient (Wildman–Crippen LogP) is 1.90. The van der Waals surface area contributed by atoms with Gasteiger partial charge in [-0.05, 0) is 18.3 Å². The summed E-state index contributed by atoms with van der Waals surface area (Å²) in [6.07, 6.45) is 7.82. The molecule has 2 rings (SSSR count). The Morgan fingerprint density at radius 1 is 1.10 bits per heavy atom. The maximum absolute atomic E-state index is 8.36. The second kappa shape index (κ2) is 3.59. The Bertz CT molecular complexity index is 93.8. The normalized spacial score (nSPS) is 34.8. The monoisotopic (exact) mass is 142 g/mol. The molecule has 2 heteroatoms. The van der Waals surface area contributed by atoms with Crippen LogP contribution in [-0.2, 0) is 4.79 Å². The quantitative estimate of drug-likeness (QED) is 0.524. The molecular formula is C8H14O2. The highest BCUT2D eigenvalue weighted by Crippen LogP contribution is 2.43. The van der Waals surface area contributed by atoms with Gasteiger partial charge < -0.3 is 5.11 Å². The van der Waals surface area contributed by atoms with Gasteiger partial charge in [0.15, 0.2) is 0 Å². The second-order valence-corrected chi connectivity index (χ2v) is 3.23. The van der Waals surface area contributed by atoms with Gasteiger partial charge in [-0.25, -0.2) is 0 Å². The van der Waals surface area contributed by atoms with Crippen molar-refractivity contribution < 1.29 is 9.90 Å². The van der Waals surface area contributed by atoms with Gasteiger partial charge in [0.25, 0.3) is 6.47 Å². The Morgan fingerprint density at radius 2 is 1.40 bits per heavy atom. The van der Waals surface area contributed by atoms with Crippen LogP contribution in [0, 0.1) is 11.8 Å². The van der Waals surface area contributed by atoms with Crippen LogP contribution in [0.3, 0.4) is 0 Å². The zero-order valence-corrected chi connectivity index (χ0v) is 6.12. The van der Waals surface area contributed by atoms with Gasteiger partial charge in [0, 0.05) is 0 Å². The minimum atomic E-state index is -0.250. The molecule has 0 amide bonds. The number of rotatable bonds is 0. The maximum Gasteiger partial charge on any atom is 0.290 e. The van der Waals surface area contributed by atoms with Gasteiger partial charge in [-0.1, -0.05) is 25.7 Å². The fraction of sp³-hybridized carbons (Fsp3) is 0.875. The van der Waals surface area contributed by atoms with Crippen molar-refractivity contribution in [3.05, 3.63) is 0 Å². The smallest absolute Gasteiger partial charge is 0.290 e. The lowest BCUT2D eigenvalue weighted by atomic mass is 10.0. The van der Waals surface area contributed by atoms with Gasteiger partial charge in [0.1, 0.15) is 0 Å². The van der Waals surface area contributed by atoms with E-state index in [1.807, 2.05) is 0 Å². The first kappa shape index (κ1) is 7.58. The molecule has 0 saturated heterocycles. The SMILES string of the molecule is C1CC2CCC1C2.O=CO. The number of hydrogen-bond donors (Lipinski definition) is 1. The van der Waals surface area contributed by atoms with Crippen LogP contribution in [0.5, 0.6) is 0 Å². The first-order chi connectivity index (χ1) is 4.86. The van der Waals surface area contributed by atoms with Gasteiger partial charge in [-0.2, -0.15) is 0 Å². The van der Waals surface area contributed by atoms with Crippen molar-refractivity contribution in [2.75, 3.05) is 0 Å². The zero-order valence-electron chi connectivity index (χ0n) is 6.12. The molecule has 1 N–H and O–H groups in total. The van der Waals surface area contributed by atoms with Crippen LogP contribution in [0.15, 0.2) is 0 Å². The first-order valence-electron chi connectivity index (χ1n) is 3.94. The summed E-state index contributed by atoms with van der Waals surface area (Å²) in [5, 5.41) is 6.89. The standard InChI is InChI=1S/C7H12.CH2O2/c1-2-7-4-3-6(1)5-7;2-1-3/h6-7H,1-5H2;1H,(H,2,3). The summed E-state index contributed by atoms with van der Waals surface area (Å²) in [4.78, 5) is 8.36. The van der Waals surface area contributed by atoms with Crippen molar-refractivity contribution in [2.45, 2.75) is 32.1 Å². The van der Waals surface area contributed by atoms with Crippen LogP contribution >= 0.6 is 0 Å². The third kappa shape index (κ3) is 1.72. The molecule has 2 saturated carbocycles. The molecule has 0 aromatic carbocycles. The predicted molar refractivity (Wildman–Crippen MR) is 38.8 cm³/mol. The summed E-state index contributed by atoms with van der Waals surface area (Å²) >= 11 is 0. The van der Waals surface area contributed by atoms with Crippen LogP contribution < -0.4 is 0 Å². The summed E-state index contributed by atoms with van der Waals surface area (Å²) in [6, 6.07) is 0. The molecule has 0 aromatic rings. The van der Waals surface area contributed by atoms with E-state index < -0.39 is 0 Å². The molecule has 58 valence electrons. The largest absolute Gasteiger partial charge is 0.483 e. The number of hydrogen-bond acceptors (Lipinski definition) is 1. The minimum absolute atomic E-state index is 0.250. The minimum Gasteiger partial charge on any atom is -0.483 e. The van der Waals surface area contributed by atoms with Crippen molar-refractivity contribution in [2.24, 2.45) is 11.8 Å². The van der Waals surface area contributed by atoms with E-state index in [1.165, 1.54) is 11.8 Å². The third-order valence-electron chi connectivity index (χ3n) is 2.63. The van der Waals surface area contributed by atoms with Crippen molar-refractivity contribution in [3.63, 3.8) is 0 Å². The van der Waals surface area contributed by atoms with E-state index in [0.29, 0.717) is 0 Å². The summed E-state index contributed by atoms with van der Waals surface area (Å²) < 4.78 is 0.